The molecule has 6 nitrogen and oxygen atoms in total. The minimum absolute atomic E-state index is 0.0602. The first kappa shape index (κ1) is 17.1. The largest absolute Gasteiger partial charge is 0.481 e. The van der Waals surface area contributed by atoms with Gasteiger partial charge >= 0.3 is 12.0 Å². The minimum Gasteiger partial charge on any atom is -0.481 e. The van der Waals surface area contributed by atoms with E-state index in [1.165, 1.54) is 25.7 Å². The normalized spacial score (nSPS) is 14.9. The molecule has 1 heterocycles. The predicted octanol–water partition coefficient (Wildman–Crippen LogP) is 3.05. The number of urea groups is 1. The standard InChI is InChI=1S/C17H25N3O3/c21-16(22)10-7-11-18-17(23)19-14-8-3-4-9-15(14)20-12-5-1-2-6-13-20/h3-4,8-9H,1-2,5-7,10-13H2,(H,21,22)(H2,18,19,23). The van der Waals surface area contributed by atoms with Crippen molar-refractivity contribution in [3.05, 3.63) is 24.3 Å². The van der Waals surface area contributed by atoms with E-state index < -0.39 is 5.97 Å². The molecule has 0 atom stereocenters. The SMILES string of the molecule is O=C(O)CCCNC(=O)Nc1ccccc1N1CCCCCC1. The molecule has 1 aromatic rings. The molecule has 1 saturated heterocycles. The Labute approximate surface area is 136 Å². The van der Waals surface area contributed by atoms with E-state index in [4.69, 9.17) is 5.11 Å². The molecule has 1 aliphatic heterocycles. The Morgan fingerprint density at radius 2 is 1.78 bits per heavy atom. The van der Waals surface area contributed by atoms with Gasteiger partial charge in [-0.15, -0.1) is 0 Å². The maximum absolute atomic E-state index is 12.0. The van der Waals surface area contributed by atoms with Crippen LogP contribution in [0.2, 0.25) is 0 Å². The second-order valence-electron chi connectivity index (χ2n) is 5.80. The lowest BCUT2D eigenvalue weighted by Gasteiger charge is -2.25. The number of carboxylic acid groups (broad SMARTS) is 1. The number of benzene rings is 1. The predicted molar refractivity (Wildman–Crippen MR) is 91.0 cm³/mol. The number of nitrogens with zero attached hydrogens (tertiary/aromatic N) is 1. The van der Waals surface area contributed by atoms with Crippen LogP contribution in [-0.4, -0.2) is 36.7 Å². The van der Waals surface area contributed by atoms with Crippen LogP contribution in [0.5, 0.6) is 0 Å². The smallest absolute Gasteiger partial charge is 0.319 e. The highest BCUT2D eigenvalue weighted by Crippen LogP contribution is 2.27. The Morgan fingerprint density at radius 3 is 2.48 bits per heavy atom. The summed E-state index contributed by atoms with van der Waals surface area (Å²) in [4.78, 5) is 24.7. The summed E-state index contributed by atoms with van der Waals surface area (Å²) in [5.74, 6) is -0.848. The molecule has 1 aliphatic rings. The van der Waals surface area contributed by atoms with Crippen molar-refractivity contribution in [3.8, 4) is 0 Å². The van der Waals surface area contributed by atoms with Gasteiger partial charge in [0, 0.05) is 26.1 Å². The number of anilines is 2. The zero-order valence-electron chi connectivity index (χ0n) is 13.4. The molecule has 0 saturated carbocycles. The molecule has 0 aliphatic carbocycles. The fourth-order valence-corrected chi connectivity index (χ4v) is 2.77. The van der Waals surface area contributed by atoms with Crippen LogP contribution >= 0.6 is 0 Å². The first-order valence-electron chi connectivity index (χ1n) is 8.27. The molecule has 0 radical (unpaired) electrons. The Balaban J connectivity index is 1.91. The van der Waals surface area contributed by atoms with E-state index in [2.05, 4.69) is 15.5 Å². The summed E-state index contributed by atoms with van der Waals surface area (Å²) in [7, 11) is 0. The Hall–Kier alpha value is -2.24. The van der Waals surface area contributed by atoms with E-state index in [1.54, 1.807) is 0 Å². The van der Waals surface area contributed by atoms with E-state index in [1.807, 2.05) is 24.3 Å². The number of carbonyl (C=O) groups is 2. The van der Waals surface area contributed by atoms with Crippen LogP contribution in [0.15, 0.2) is 24.3 Å². The van der Waals surface area contributed by atoms with Crippen molar-refractivity contribution >= 4 is 23.4 Å². The van der Waals surface area contributed by atoms with E-state index in [9.17, 15) is 9.59 Å². The third kappa shape index (κ3) is 5.81. The van der Waals surface area contributed by atoms with Gasteiger partial charge in [-0.1, -0.05) is 25.0 Å². The first-order valence-corrected chi connectivity index (χ1v) is 8.27. The average Bonchev–Trinajstić information content (AvgIpc) is 2.81. The van der Waals surface area contributed by atoms with Crippen LogP contribution in [-0.2, 0) is 4.79 Å². The lowest BCUT2D eigenvalue weighted by Crippen LogP contribution is -2.31. The molecule has 1 fully saturated rings. The summed E-state index contributed by atoms with van der Waals surface area (Å²) in [5.41, 5.74) is 1.85. The second-order valence-corrected chi connectivity index (χ2v) is 5.80. The monoisotopic (exact) mass is 319 g/mol. The van der Waals surface area contributed by atoms with Gasteiger partial charge < -0.3 is 20.6 Å². The molecule has 0 aromatic heterocycles. The molecule has 0 bridgehead atoms. The van der Waals surface area contributed by atoms with Gasteiger partial charge in [-0.25, -0.2) is 4.79 Å². The number of hydrogen-bond acceptors (Lipinski definition) is 3. The molecule has 6 heteroatoms. The molecule has 0 spiro atoms. The average molecular weight is 319 g/mol. The van der Waals surface area contributed by atoms with Crippen molar-refractivity contribution in [3.63, 3.8) is 0 Å². The minimum atomic E-state index is -0.848. The van der Waals surface area contributed by atoms with Gasteiger partial charge in [0.15, 0.2) is 0 Å². The van der Waals surface area contributed by atoms with Gasteiger partial charge in [-0.3, -0.25) is 4.79 Å². The maximum atomic E-state index is 12.0. The lowest BCUT2D eigenvalue weighted by atomic mass is 10.2. The van der Waals surface area contributed by atoms with Crippen molar-refractivity contribution in [1.29, 1.82) is 0 Å². The zero-order valence-corrected chi connectivity index (χ0v) is 13.4. The lowest BCUT2D eigenvalue weighted by molar-refractivity contribution is -0.137. The van der Waals surface area contributed by atoms with Crippen LogP contribution in [0.4, 0.5) is 16.2 Å². The third-order valence-electron chi connectivity index (χ3n) is 3.95. The van der Waals surface area contributed by atoms with Crippen LogP contribution in [0, 0.1) is 0 Å². The molecule has 2 amide bonds. The van der Waals surface area contributed by atoms with Gasteiger partial charge in [-0.2, -0.15) is 0 Å². The Bertz CT molecular complexity index is 526. The molecule has 2 rings (SSSR count). The van der Waals surface area contributed by atoms with Crippen molar-refractivity contribution in [2.24, 2.45) is 0 Å². The highest BCUT2D eigenvalue weighted by molar-refractivity contribution is 5.93. The number of carboxylic acids is 1. The molecule has 126 valence electrons. The second kappa shape index (κ2) is 9.02. The Kier molecular flexibility index (Phi) is 6.72. The fraction of sp³-hybridized carbons (Fsp3) is 0.529. The zero-order chi connectivity index (χ0) is 16.5. The first-order chi connectivity index (χ1) is 11.2. The number of aliphatic carboxylic acids is 1. The molecule has 23 heavy (non-hydrogen) atoms. The van der Waals surface area contributed by atoms with E-state index in [0.29, 0.717) is 13.0 Å². The van der Waals surface area contributed by atoms with Crippen LogP contribution in [0.1, 0.15) is 38.5 Å². The summed E-state index contributed by atoms with van der Waals surface area (Å²) in [6.07, 6.45) is 5.36. The number of para-hydroxylation sites is 2. The molecule has 1 aromatic carbocycles. The summed E-state index contributed by atoms with van der Waals surface area (Å²) in [5, 5.41) is 14.2. The summed E-state index contributed by atoms with van der Waals surface area (Å²) in [6.45, 7) is 2.38. The number of nitrogens with one attached hydrogen (secondary N) is 2. The van der Waals surface area contributed by atoms with Gasteiger partial charge in [0.25, 0.3) is 0 Å². The number of carbonyl (C=O) groups excluding carboxylic acids is 1. The molecular weight excluding hydrogens is 294 g/mol. The highest BCUT2D eigenvalue weighted by Gasteiger charge is 2.14. The number of hydrogen-bond donors (Lipinski definition) is 3. The molecule has 0 unspecified atom stereocenters. The molecular formula is C17H25N3O3. The van der Waals surface area contributed by atoms with Gasteiger partial charge in [0.2, 0.25) is 0 Å². The maximum Gasteiger partial charge on any atom is 0.319 e. The highest BCUT2D eigenvalue weighted by atomic mass is 16.4. The van der Waals surface area contributed by atoms with Gasteiger partial charge in [0.1, 0.15) is 0 Å². The van der Waals surface area contributed by atoms with Crippen LogP contribution in [0.3, 0.4) is 0 Å². The van der Waals surface area contributed by atoms with E-state index in [0.717, 1.165) is 24.5 Å². The van der Waals surface area contributed by atoms with E-state index in [-0.39, 0.29) is 12.5 Å². The van der Waals surface area contributed by atoms with Crippen molar-refractivity contribution in [2.45, 2.75) is 38.5 Å². The van der Waals surface area contributed by atoms with Gasteiger partial charge in [0.05, 0.1) is 11.4 Å². The van der Waals surface area contributed by atoms with Crippen LogP contribution in [0.25, 0.3) is 0 Å². The van der Waals surface area contributed by atoms with E-state index >= 15 is 0 Å². The van der Waals surface area contributed by atoms with Crippen molar-refractivity contribution in [1.82, 2.24) is 5.32 Å². The fourth-order valence-electron chi connectivity index (χ4n) is 2.77. The Morgan fingerprint density at radius 1 is 1.09 bits per heavy atom. The van der Waals surface area contributed by atoms with Gasteiger partial charge in [-0.05, 0) is 31.4 Å². The van der Waals surface area contributed by atoms with Crippen molar-refractivity contribution < 1.29 is 14.7 Å². The number of amides is 2. The summed E-state index contributed by atoms with van der Waals surface area (Å²) in [6, 6.07) is 7.53. The summed E-state index contributed by atoms with van der Waals surface area (Å²) >= 11 is 0. The van der Waals surface area contributed by atoms with Crippen LogP contribution < -0.4 is 15.5 Å². The topological polar surface area (TPSA) is 81.7 Å². The quantitative estimate of drug-likeness (QED) is 0.704. The molecule has 3 N–H and O–H groups in total. The number of rotatable bonds is 6. The summed E-state index contributed by atoms with van der Waals surface area (Å²) < 4.78 is 0. The van der Waals surface area contributed by atoms with Crippen molar-refractivity contribution in [2.75, 3.05) is 29.9 Å². The third-order valence-corrected chi connectivity index (χ3v) is 3.95.